The molecule has 1 atom stereocenters. The van der Waals surface area contributed by atoms with E-state index < -0.39 is 0 Å². The molecule has 5 heteroatoms. The van der Waals surface area contributed by atoms with Crippen molar-refractivity contribution in [3.63, 3.8) is 0 Å². The molecule has 0 bridgehead atoms. The van der Waals surface area contributed by atoms with Gasteiger partial charge < -0.3 is 19.2 Å². The number of fused-ring (bicyclic) bond motifs is 1. The van der Waals surface area contributed by atoms with E-state index in [9.17, 15) is 4.79 Å². The normalized spacial score (nSPS) is 18.4. The number of carbonyl (C=O) groups is 1. The van der Waals surface area contributed by atoms with Crippen molar-refractivity contribution in [1.82, 2.24) is 4.98 Å². The summed E-state index contributed by atoms with van der Waals surface area (Å²) >= 11 is 0. The molecule has 22 heavy (non-hydrogen) atoms. The maximum atomic E-state index is 12.2. The Labute approximate surface area is 129 Å². The first-order valence-corrected chi connectivity index (χ1v) is 7.63. The lowest BCUT2D eigenvalue weighted by Crippen LogP contribution is -2.26. The first kappa shape index (κ1) is 14.9. The van der Waals surface area contributed by atoms with Crippen molar-refractivity contribution in [2.45, 2.75) is 38.9 Å². The summed E-state index contributed by atoms with van der Waals surface area (Å²) < 4.78 is 16.1. The molecule has 0 radical (unpaired) electrons. The third-order valence-corrected chi connectivity index (χ3v) is 4.05. The van der Waals surface area contributed by atoms with E-state index in [0.29, 0.717) is 6.61 Å². The first-order valence-electron chi connectivity index (χ1n) is 7.63. The second-order valence-corrected chi connectivity index (χ2v) is 5.60. The molecule has 0 saturated carbocycles. The third kappa shape index (κ3) is 3.09. The SMILES string of the molecule is COc1ccc2[nH]c(C)c(CC(=O)OC3CCCCO3)c2c1. The second kappa shape index (κ2) is 6.40. The maximum Gasteiger partial charge on any atom is 0.312 e. The van der Waals surface area contributed by atoms with E-state index in [1.807, 2.05) is 25.1 Å². The molecule has 1 fully saturated rings. The van der Waals surface area contributed by atoms with Gasteiger partial charge in [-0.05, 0) is 43.5 Å². The summed E-state index contributed by atoms with van der Waals surface area (Å²) in [6.45, 7) is 2.63. The van der Waals surface area contributed by atoms with Gasteiger partial charge in [0, 0.05) is 23.0 Å². The average Bonchev–Trinajstić information content (AvgIpc) is 2.83. The zero-order valence-corrected chi connectivity index (χ0v) is 13.0. The molecule has 1 aromatic carbocycles. The highest BCUT2D eigenvalue weighted by Gasteiger charge is 2.20. The fourth-order valence-electron chi connectivity index (χ4n) is 2.85. The van der Waals surface area contributed by atoms with E-state index in [2.05, 4.69) is 4.98 Å². The second-order valence-electron chi connectivity index (χ2n) is 5.60. The smallest absolute Gasteiger partial charge is 0.312 e. The molecule has 1 aliphatic heterocycles. The van der Waals surface area contributed by atoms with Gasteiger partial charge in [-0.25, -0.2) is 0 Å². The Morgan fingerprint density at radius 1 is 1.41 bits per heavy atom. The molecule has 0 aliphatic carbocycles. The number of ether oxygens (including phenoxy) is 3. The van der Waals surface area contributed by atoms with Gasteiger partial charge in [0.15, 0.2) is 0 Å². The van der Waals surface area contributed by atoms with Crippen LogP contribution in [-0.4, -0.2) is 31.0 Å². The summed E-state index contributed by atoms with van der Waals surface area (Å²) in [7, 11) is 1.63. The Kier molecular flexibility index (Phi) is 4.34. The van der Waals surface area contributed by atoms with Crippen LogP contribution in [0.1, 0.15) is 30.5 Å². The topological polar surface area (TPSA) is 60.6 Å². The Morgan fingerprint density at radius 2 is 2.27 bits per heavy atom. The Morgan fingerprint density at radius 3 is 3.00 bits per heavy atom. The summed E-state index contributed by atoms with van der Waals surface area (Å²) in [6.07, 6.45) is 2.71. The number of carbonyl (C=O) groups excluding carboxylic acids is 1. The predicted octanol–water partition coefficient (Wildman–Crippen LogP) is 3.10. The van der Waals surface area contributed by atoms with Gasteiger partial charge in [0.1, 0.15) is 5.75 Å². The number of H-pyrrole nitrogens is 1. The van der Waals surface area contributed by atoms with E-state index in [0.717, 1.165) is 47.2 Å². The number of esters is 1. The van der Waals surface area contributed by atoms with Gasteiger partial charge in [-0.1, -0.05) is 0 Å². The molecule has 118 valence electrons. The summed E-state index contributed by atoms with van der Waals surface area (Å²) in [5.41, 5.74) is 2.93. The Hall–Kier alpha value is -2.01. The van der Waals surface area contributed by atoms with Crippen molar-refractivity contribution in [1.29, 1.82) is 0 Å². The van der Waals surface area contributed by atoms with E-state index in [1.54, 1.807) is 7.11 Å². The van der Waals surface area contributed by atoms with Crippen molar-refractivity contribution in [3.05, 3.63) is 29.5 Å². The Bertz CT molecular complexity index is 671. The highest BCUT2D eigenvalue weighted by Crippen LogP contribution is 2.27. The van der Waals surface area contributed by atoms with Crippen LogP contribution in [0.15, 0.2) is 18.2 Å². The zero-order valence-electron chi connectivity index (χ0n) is 13.0. The molecule has 1 aromatic heterocycles. The standard InChI is InChI=1S/C17H21NO4/c1-11-13(10-16(19)22-17-5-3-4-8-21-17)14-9-12(20-2)6-7-15(14)18-11/h6-7,9,17-18H,3-5,8,10H2,1-2H3. The molecule has 1 N–H and O–H groups in total. The first-order chi connectivity index (χ1) is 10.7. The van der Waals surface area contributed by atoms with E-state index in [4.69, 9.17) is 14.2 Å². The van der Waals surface area contributed by atoms with Gasteiger partial charge in [0.25, 0.3) is 0 Å². The van der Waals surface area contributed by atoms with Crippen molar-refractivity contribution < 1.29 is 19.0 Å². The molecule has 2 heterocycles. The number of benzene rings is 1. The van der Waals surface area contributed by atoms with E-state index in [-0.39, 0.29) is 18.7 Å². The number of nitrogens with one attached hydrogen (secondary N) is 1. The molecule has 5 nitrogen and oxygen atoms in total. The van der Waals surface area contributed by atoms with Crippen LogP contribution in [0, 0.1) is 6.92 Å². The van der Waals surface area contributed by atoms with Crippen molar-refractivity contribution in [2.24, 2.45) is 0 Å². The highest BCUT2D eigenvalue weighted by molar-refractivity contribution is 5.89. The number of methoxy groups -OCH3 is 1. The van der Waals surface area contributed by atoms with Gasteiger partial charge in [-0.2, -0.15) is 0 Å². The van der Waals surface area contributed by atoms with Gasteiger partial charge in [0.2, 0.25) is 6.29 Å². The van der Waals surface area contributed by atoms with Crippen LogP contribution in [0.2, 0.25) is 0 Å². The lowest BCUT2D eigenvalue weighted by molar-refractivity contribution is -0.185. The van der Waals surface area contributed by atoms with Crippen molar-refractivity contribution in [3.8, 4) is 5.75 Å². The van der Waals surface area contributed by atoms with Crippen LogP contribution < -0.4 is 4.74 Å². The van der Waals surface area contributed by atoms with Crippen LogP contribution in [0.4, 0.5) is 0 Å². The summed E-state index contributed by atoms with van der Waals surface area (Å²) in [5.74, 6) is 0.524. The average molecular weight is 303 g/mol. The lowest BCUT2D eigenvalue weighted by atomic mass is 10.1. The number of hydrogen-bond acceptors (Lipinski definition) is 4. The van der Waals surface area contributed by atoms with Crippen LogP contribution in [0.5, 0.6) is 5.75 Å². The molecule has 1 aliphatic rings. The molecular weight excluding hydrogens is 282 g/mol. The largest absolute Gasteiger partial charge is 0.497 e. The molecule has 0 spiro atoms. The molecule has 1 unspecified atom stereocenters. The fourth-order valence-corrected chi connectivity index (χ4v) is 2.85. The summed E-state index contributed by atoms with van der Waals surface area (Å²) in [5, 5.41) is 0.998. The molecule has 3 rings (SSSR count). The van der Waals surface area contributed by atoms with E-state index in [1.165, 1.54) is 0 Å². The number of aryl methyl sites for hydroxylation is 1. The number of aromatic amines is 1. The maximum absolute atomic E-state index is 12.2. The van der Waals surface area contributed by atoms with Gasteiger partial charge in [-0.3, -0.25) is 4.79 Å². The van der Waals surface area contributed by atoms with Crippen LogP contribution in [0.25, 0.3) is 10.9 Å². The van der Waals surface area contributed by atoms with Gasteiger partial charge >= 0.3 is 5.97 Å². The van der Waals surface area contributed by atoms with Crippen molar-refractivity contribution >= 4 is 16.9 Å². The Balaban J connectivity index is 1.77. The fraction of sp³-hybridized carbons (Fsp3) is 0.471. The molecule has 2 aromatic rings. The number of aromatic nitrogens is 1. The number of rotatable bonds is 4. The minimum Gasteiger partial charge on any atom is -0.497 e. The monoisotopic (exact) mass is 303 g/mol. The number of hydrogen-bond donors (Lipinski definition) is 1. The summed E-state index contributed by atoms with van der Waals surface area (Å²) in [4.78, 5) is 15.5. The third-order valence-electron chi connectivity index (χ3n) is 4.05. The minimum atomic E-state index is -0.388. The quantitative estimate of drug-likeness (QED) is 0.882. The van der Waals surface area contributed by atoms with Crippen molar-refractivity contribution in [2.75, 3.05) is 13.7 Å². The predicted molar refractivity (Wildman–Crippen MR) is 83.0 cm³/mol. The van der Waals surface area contributed by atoms with Gasteiger partial charge in [-0.15, -0.1) is 0 Å². The molecule has 1 saturated heterocycles. The lowest BCUT2D eigenvalue weighted by Gasteiger charge is -2.22. The summed E-state index contributed by atoms with van der Waals surface area (Å²) in [6, 6.07) is 5.80. The molecular formula is C17H21NO4. The minimum absolute atomic E-state index is 0.235. The zero-order chi connectivity index (χ0) is 15.5. The van der Waals surface area contributed by atoms with Gasteiger partial charge in [0.05, 0.1) is 20.1 Å². The van der Waals surface area contributed by atoms with E-state index >= 15 is 0 Å². The van der Waals surface area contributed by atoms with Crippen LogP contribution in [0.3, 0.4) is 0 Å². The highest BCUT2D eigenvalue weighted by atomic mass is 16.7. The van der Waals surface area contributed by atoms with Crippen LogP contribution in [-0.2, 0) is 20.7 Å². The van der Waals surface area contributed by atoms with Crippen LogP contribution >= 0.6 is 0 Å². The molecule has 0 amide bonds.